The van der Waals surface area contributed by atoms with Crippen LogP contribution in [0.5, 0.6) is 0 Å². The Morgan fingerprint density at radius 3 is 2.93 bits per heavy atom. The van der Waals surface area contributed by atoms with Crippen molar-refractivity contribution in [2.45, 2.75) is 19.8 Å². The lowest BCUT2D eigenvalue weighted by Gasteiger charge is -2.05. The van der Waals surface area contributed by atoms with Crippen molar-refractivity contribution in [3.63, 3.8) is 0 Å². The molecule has 3 N–H and O–H groups in total. The van der Waals surface area contributed by atoms with Gasteiger partial charge in [0.2, 0.25) is 0 Å². The molecule has 0 saturated heterocycles. The second-order valence-corrected chi connectivity index (χ2v) is 3.49. The standard InChI is InChI=1S/C12H18N2O/c1-2-8-14-12(15)11-5-3-4-10(9-11)6-7-13/h3-5,9H,2,6-8,13H2,1H3,(H,14,15). The minimum atomic E-state index is -0.00396. The number of amides is 1. The van der Waals surface area contributed by atoms with Crippen LogP contribution in [0.4, 0.5) is 0 Å². The Balaban J connectivity index is 2.67. The van der Waals surface area contributed by atoms with E-state index in [0.717, 1.165) is 30.5 Å². The van der Waals surface area contributed by atoms with E-state index in [4.69, 9.17) is 5.73 Å². The van der Waals surface area contributed by atoms with Crippen molar-refractivity contribution >= 4 is 5.91 Å². The molecule has 3 nitrogen and oxygen atoms in total. The van der Waals surface area contributed by atoms with Gasteiger partial charge in [-0.2, -0.15) is 0 Å². The molecule has 0 atom stereocenters. The van der Waals surface area contributed by atoms with Gasteiger partial charge in [-0.25, -0.2) is 0 Å². The summed E-state index contributed by atoms with van der Waals surface area (Å²) in [6, 6.07) is 7.61. The number of nitrogens with two attached hydrogens (primary N) is 1. The molecule has 0 aliphatic carbocycles. The Hall–Kier alpha value is -1.35. The summed E-state index contributed by atoms with van der Waals surface area (Å²) in [5.41, 5.74) is 7.30. The smallest absolute Gasteiger partial charge is 0.251 e. The molecule has 3 heteroatoms. The van der Waals surface area contributed by atoms with Crippen LogP contribution >= 0.6 is 0 Å². The van der Waals surface area contributed by atoms with Gasteiger partial charge in [0, 0.05) is 12.1 Å². The number of hydrogen-bond donors (Lipinski definition) is 2. The average molecular weight is 206 g/mol. The molecule has 0 aromatic heterocycles. The van der Waals surface area contributed by atoms with Crippen molar-refractivity contribution in [2.24, 2.45) is 5.73 Å². The Bertz CT molecular complexity index is 323. The summed E-state index contributed by atoms with van der Waals surface area (Å²) >= 11 is 0. The predicted octanol–water partition coefficient (Wildman–Crippen LogP) is 1.33. The molecule has 0 saturated carbocycles. The number of hydrogen-bond acceptors (Lipinski definition) is 2. The van der Waals surface area contributed by atoms with Crippen LogP contribution in [0, 0.1) is 0 Å². The van der Waals surface area contributed by atoms with Gasteiger partial charge in [-0.15, -0.1) is 0 Å². The number of carbonyl (C=O) groups excluding carboxylic acids is 1. The molecule has 0 fully saturated rings. The van der Waals surface area contributed by atoms with Crippen molar-refractivity contribution in [1.82, 2.24) is 5.32 Å². The van der Waals surface area contributed by atoms with E-state index in [2.05, 4.69) is 5.32 Å². The first-order valence-corrected chi connectivity index (χ1v) is 5.35. The van der Waals surface area contributed by atoms with Crippen molar-refractivity contribution in [3.8, 4) is 0 Å². The minimum Gasteiger partial charge on any atom is -0.352 e. The zero-order chi connectivity index (χ0) is 11.1. The lowest BCUT2D eigenvalue weighted by molar-refractivity contribution is 0.0953. The summed E-state index contributed by atoms with van der Waals surface area (Å²) in [7, 11) is 0. The van der Waals surface area contributed by atoms with Crippen LogP contribution in [0.1, 0.15) is 29.3 Å². The molecule has 1 aromatic carbocycles. The highest BCUT2D eigenvalue weighted by atomic mass is 16.1. The lowest BCUT2D eigenvalue weighted by Crippen LogP contribution is -2.24. The maximum absolute atomic E-state index is 11.6. The first kappa shape index (κ1) is 11.7. The summed E-state index contributed by atoms with van der Waals surface area (Å²) in [5, 5.41) is 2.85. The molecule has 82 valence electrons. The maximum Gasteiger partial charge on any atom is 0.251 e. The molecule has 0 heterocycles. The highest BCUT2D eigenvalue weighted by Crippen LogP contribution is 2.05. The van der Waals surface area contributed by atoms with Gasteiger partial charge in [0.1, 0.15) is 0 Å². The summed E-state index contributed by atoms with van der Waals surface area (Å²) < 4.78 is 0. The van der Waals surface area contributed by atoms with Gasteiger partial charge >= 0.3 is 0 Å². The molecule has 0 bridgehead atoms. The van der Waals surface area contributed by atoms with Crippen LogP contribution in [0.25, 0.3) is 0 Å². The van der Waals surface area contributed by atoms with Crippen LogP contribution in [-0.2, 0) is 6.42 Å². The van der Waals surface area contributed by atoms with Crippen molar-refractivity contribution in [3.05, 3.63) is 35.4 Å². The minimum absolute atomic E-state index is 0.00396. The first-order chi connectivity index (χ1) is 7.27. The second kappa shape index (κ2) is 6.19. The lowest BCUT2D eigenvalue weighted by atomic mass is 10.1. The monoisotopic (exact) mass is 206 g/mol. The number of benzene rings is 1. The Labute approximate surface area is 90.7 Å². The van der Waals surface area contributed by atoms with Crippen LogP contribution in [0.2, 0.25) is 0 Å². The summed E-state index contributed by atoms with van der Waals surface area (Å²) in [6.07, 6.45) is 1.77. The number of rotatable bonds is 5. The van der Waals surface area contributed by atoms with E-state index < -0.39 is 0 Å². The predicted molar refractivity (Wildman–Crippen MR) is 61.8 cm³/mol. The van der Waals surface area contributed by atoms with E-state index >= 15 is 0 Å². The van der Waals surface area contributed by atoms with Crippen LogP contribution in [0.3, 0.4) is 0 Å². The Morgan fingerprint density at radius 2 is 2.27 bits per heavy atom. The summed E-state index contributed by atoms with van der Waals surface area (Å²) in [4.78, 5) is 11.6. The maximum atomic E-state index is 11.6. The Morgan fingerprint density at radius 1 is 1.47 bits per heavy atom. The third-order valence-corrected chi connectivity index (χ3v) is 2.16. The third-order valence-electron chi connectivity index (χ3n) is 2.16. The number of carbonyl (C=O) groups is 1. The Kier molecular flexibility index (Phi) is 4.84. The normalized spacial score (nSPS) is 10.0. The second-order valence-electron chi connectivity index (χ2n) is 3.49. The van der Waals surface area contributed by atoms with E-state index in [1.54, 1.807) is 0 Å². The van der Waals surface area contributed by atoms with Crippen LogP contribution in [0.15, 0.2) is 24.3 Å². The van der Waals surface area contributed by atoms with Gasteiger partial charge in [0.05, 0.1) is 0 Å². The van der Waals surface area contributed by atoms with Gasteiger partial charge in [0.25, 0.3) is 5.91 Å². The summed E-state index contributed by atoms with van der Waals surface area (Å²) in [6.45, 7) is 3.37. The van der Waals surface area contributed by atoms with E-state index in [0.29, 0.717) is 6.54 Å². The van der Waals surface area contributed by atoms with Gasteiger partial charge in [-0.3, -0.25) is 4.79 Å². The fourth-order valence-electron chi connectivity index (χ4n) is 1.38. The molecule has 0 spiro atoms. The SMILES string of the molecule is CCCNC(=O)c1cccc(CCN)c1. The summed E-state index contributed by atoms with van der Waals surface area (Å²) in [5.74, 6) is -0.00396. The average Bonchev–Trinajstić information content (AvgIpc) is 2.27. The molecule has 1 amide bonds. The van der Waals surface area contributed by atoms with Gasteiger partial charge in [-0.1, -0.05) is 19.1 Å². The largest absolute Gasteiger partial charge is 0.352 e. The molecular formula is C12H18N2O. The van der Waals surface area contributed by atoms with Crippen molar-refractivity contribution in [2.75, 3.05) is 13.1 Å². The topological polar surface area (TPSA) is 55.1 Å². The molecule has 0 radical (unpaired) electrons. The fourth-order valence-corrected chi connectivity index (χ4v) is 1.38. The van der Waals surface area contributed by atoms with Crippen molar-refractivity contribution in [1.29, 1.82) is 0 Å². The quantitative estimate of drug-likeness (QED) is 0.763. The van der Waals surface area contributed by atoms with E-state index in [1.807, 2.05) is 31.2 Å². The molecule has 0 aliphatic heterocycles. The zero-order valence-corrected chi connectivity index (χ0v) is 9.12. The van der Waals surface area contributed by atoms with Gasteiger partial charge in [-0.05, 0) is 37.1 Å². The van der Waals surface area contributed by atoms with E-state index in [1.165, 1.54) is 0 Å². The number of nitrogens with one attached hydrogen (secondary N) is 1. The molecule has 0 aliphatic rings. The highest BCUT2D eigenvalue weighted by molar-refractivity contribution is 5.94. The van der Waals surface area contributed by atoms with E-state index in [9.17, 15) is 4.79 Å². The molecule has 15 heavy (non-hydrogen) atoms. The molecule has 1 rings (SSSR count). The van der Waals surface area contributed by atoms with Crippen molar-refractivity contribution < 1.29 is 4.79 Å². The van der Waals surface area contributed by atoms with Gasteiger partial charge in [0.15, 0.2) is 0 Å². The first-order valence-electron chi connectivity index (χ1n) is 5.35. The highest BCUT2D eigenvalue weighted by Gasteiger charge is 2.04. The molecule has 1 aromatic rings. The fraction of sp³-hybridized carbons (Fsp3) is 0.417. The van der Waals surface area contributed by atoms with Crippen LogP contribution in [-0.4, -0.2) is 19.0 Å². The third kappa shape index (κ3) is 3.72. The van der Waals surface area contributed by atoms with Crippen LogP contribution < -0.4 is 11.1 Å². The van der Waals surface area contributed by atoms with E-state index in [-0.39, 0.29) is 5.91 Å². The van der Waals surface area contributed by atoms with Gasteiger partial charge < -0.3 is 11.1 Å². The molecular weight excluding hydrogens is 188 g/mol. The molecule has 0 unspecified atom stereocenters. The zero-order valence-electron chi connectivity index (χ0n) is 9.12.